The molecule has 0 aromatic heterocycles. The highest BCUT2D eigenvalue weighted by Gasteiger charge is 2.35. The van der Waals surface area contributed by atoms with Crippen LogP contribution in [0.15, 0.2) is 66.7 Å². The fourth-order valence-corrected chi connectivity index (χ4v) is 3.87. The SMILES string of the molecule is O=C(NNc1ccc(OCc2ccc(Cl)c(Cl)c2)cc1)[C@@H]1CC(=O)N(c2ccc(Cl)cc2)C1. The maximum Gasteiger partial charge on any atom is 0.243 e. The summed E-state index contributed by atoms with van der Waals surface area (Å²) >= 11 is 17.8. The molecule has 0 aliphatic carbocycles. The number of carbonyl (C=O) groups excluding carboxylic acids is 2. The Bertz CT molecular complexity index is 1150. The number of nitrogens with one attached hydrogen (secondary N) is 2. The standard InChI is InChI=1S/C24H20Cl3N3O3/c25-17-2-6-19(7-3-17)30-13-16(12-23(30)31)24(32)29-28-18-4-8-20(9-5-18)33-14-15-1-10-21(26)22(27)11-15/h1-11,16,28H,12-14H2,(H,29,32)/t16-/m1/s1. The molecule has 4 rings (SSSR count). The van der Waals surface area contributed by atoms with E-state index in [0.29, 0.717) is 39.7 Å². The number of rotatable bonds is 7. The molecule has 2 N–H and O–H groups in total. The Morgan fingerprint density at radius 1 is 0.970 bits per heavy atom. The van der Waals surface area contributed by atoms with E-state index >= 15 is 0 Å². The highest BCUT2D eigenvalue weighted by molar-refractivity contribution is 6.42. The van der Waals surface area contributed by atoms with Crippen LogP contribution in [0.2, 0.25) is 15.1 Å². The number of ether oxygens (including phenoxy) is 1. The van der Waals surface area contributed by atoms with Crippen LogP contribution in [0.1, 0.15) is 12.0 Å². The predicted molar refractivity (Wildman–Crippen MR) is 131 cm³/mol. The van der Waals surface area contributed by atoms with Crippen LogP contribution in [-0.4, -0.2) is 18.4 Å². The van der Waals surface area contributed by atoms with Crippen molar-refractivity contribution in [1.82, 2.24) is 5.43 Å². The number of hydrazine groups is 1. The van der Waals surface area contributed by atoms with E-state index in [1.165, 1.54) is 0 Å². The Morgan fingerprint density at radius 3 is 2.39 bits per heavy atom. The monoisotopic (exact) mass is 503 g/mol. The largest absolute Gasteiger partial charge is 0.489 e. The fraction of sp³-hybridized carbons (Fsp3) is 0.167. The molecule has 0 bridgehead atoms. The van der Waals surface area contributed by atoms with Crippen molar-refractivity contribution in [2.24, 2.45) is 5.92 Å². The molecule has 9 heteroatoms. The molecule has 1 fully saturated rings. The highest BCUT2D eigenvalue weighted by Crippen LogP contribution is 2.27. The number of hydrogen-bond acceptors (Lipinski definition) is 4. The summed E-state index contributed by atoms with van der Waals surface area (Å²) in [6.45, 7) is 0.662. The van der Waals surface area contributed by atoms with Gasteiger partial charge in [-0.3, -0.25) is 20.4 Å². The number of anilines is 2. The van der Waals surface area contributed by atoms with Gasteiger partial charge >= 0.3 is 0 Å². The molecule has 1 atom stereocenters. The van der Waals surface area contributed by atoms with Gasteiger partial charge in [0.25, 0.3) is 0 Å². The van der Waals surface area contributed by atoms with E-state index in [-0.39, 0.29) is 18.2 Å². The number of halogens is 3. The van der Waals surface area contributed by atoms with Crippen LogP contribution < -0.4 is 20.5 Å². The van der Waals surface area contributed by atoms with E-state index in [1.807, 2.05) is 6.07 Å². The van der Waals surface area contributed by atoms with Crippen molar-refractivity contribution in [1.29, 1.82) is 0 Å². The Morgan fingerprint density at radius 2 is 1.70 bits per heavy atom. The fourth-order valence-electron chi connectivity index (χ4n) is 3.42. The van der Waals surface area contributed by atoms with Gasteiger partial charge in [0, 0.05) is 23.7 Å². The first-order valence-corrected chi connectivity index (χ1v) is 11.3. The number of benzene rings is 3. The van der Waals surface area contributed by atoms with Crippen molar-refractivity contribution in [2.45, 2.75) is 13.0 Å². The van der Waals surface area contributed by atoms with E-state index in [2.05, 4.69) is 10.9 Å². The molecular weight excluding hydrogens is 485 g/mol. The lowest BCUT2D eigenvalue weighted by molar-refractivity contribution is -0.125. The van der Waals surface area contributed by atoms with Crippen molar-refractivity contribution >= 4 is 58.0 Å². The third-order valence-corrected chi connectivity index (χ3v) is 6.20. The second-order valence-corrected chi connectivity index (χ2v) is 8.81. The maximum atomic E-state index is 12.6. The van der Waals surface area contributed by atoms with E-state index < -0.39 is 5.92 Å². The van der Waals surface area contributed by atoms with Gasteiger partial charge in [-0.05, 0) is 66.2 Å². The highest BCUT2D eigenvalue weighted by atomic mass is 35.5. The normalized spacial score (nSPS) is 15.4. The summed E-state index contributed by atoms with van der Waals surface area (Å²) in [6, 6.07) is 19.4. The first-order chi connectivity index (χ1) is 15.9. The van der Waals surface area contributed by atoms with Crippen molar-refractivity contribution in [3.63, 3.8) is 0 Å². The Labute approximate surface area is 206 Å². The van der Waals surface area contributed by atoms with Gasteiger partial charge in [-0.25, -0.2) is 0 Å². The molecule has 0 radical (unpaired) electrons. The number of carbonyl (C=O) groups is 2. The Balaban J connectivity index is 1.26. The van der Waals surface area contributed by atoms with E-state index in [1.54, 1.807) is 65.6 Å². The van der Waals surface area contributed by atoms with Crippen LogP contribution >= 0.6 is 34.8 Å². The third-order valence-electron chi connectivity index (χ3n) is 5.21. The van der Waals surface area contributed by atoms with Crippen LogP contribution in [0.25, 0.3) is 0 Å². The van der Waals surface area contributed by atoms with Crippen molar-refractivity contribution in [3.05, 3.63) is 87.4 Å². The zero-order valence-electron chi connectivity index (χ0n) is 17.4. The molecule has 0 spiro atoms. The molecule has 1 saturated heterocycles. The number of nitrogens with zero attached hydrogens (tertiary/aromatic N) is 1. The minimum Gasteiger partial charge on any atom is -0.489 e. The van der Waals surface area contributed by atoms with Crippen LogP contribution in [0.5, 0.6) is 5.75 Å². The lowest BCUT2D eigenvalue weighted by Crippen LogP contribution is -2.36. The van der Waals surface area contributed by atoms with E-state index in [9.17, 15) is 9.59 Å². The predicted octanol–water partition coefficient (Wildman–Crippen LogP) is 5.72. The molecule has 2 amide bonds. The number of hydrogen-bond donors (Lipinski definition) is 2. The smallest absolute Gasteiger partial charge is 0.243 e. The zero-order valence-corrected chi connectivity index (χ0v) is 19.6. The van der Waals surface area contributed by atoms with E-state index in [0.717, 1.165) is 11.3 Å². The van der Waals surface area contributed by atoms with Gasteiger partial charge < -0.3 is 9.64 Å². The van der Waals surface area contributed by atoms with Gasteiger partial charge in [0.15, 0.2) is 0 Å². The van der Waals surface area contributed by atoms with Gasteiger partial charge in [-0.15, -0.1) is 0 Å². The van der Waals surface area contributed by atoms with Crippen LogP contribution in [-0.2, 0) is 16.2 Å². The maximum absolute atomic E-state index is 12.6. The van der Waals surface area contributed by atoms with Crippen molar-refractivity contribution in [2.75, 3.05) is 16.9 Å². The van der Waals surface area contributed by atoms with E-state index in [4.69, 9.17) is 39.5 Å². The molecule has 0 unspecified atom stereocenters. The topological polar surface area (TPSA) is 70.7 Å². The first-order valence-electron chi connectivity index (χ1n) is 10.2. The van der Waals surface area contributed by atoms with Crippen LogP contribution in [0.4, 0.5) is 11.4 Å². The van der Waals surface area contributed by atoms with Crippen molar-refractivity contribution < 1.29 is 14.3 Å². The molecule has 3 aromatic rings. The van der Waals surface area contributed by atoms with Gasteiger partial charge in [-0.2, -0.15) is 0 Å². The second-order valence-electron chi connectivity index (χ2n) is 7.56. The van der Waals surface area contributed by atoms with Crippen molar-refractivity contribution in [3.8, 4) is 5.75 Å². The summed E-state index contributed by atoms with van der Waals surface area (Å²) < 4.78 is 5.75. The average Bonchev–Trinajstić information content (AvgIpc) is 3.21. The molecule has 3 aromatic carbocycles. The zero-order chi connectivity index (χ0) is 23.4. The van der Waals surface area contributed by atoms with Crippen LogP contribution in [0, 0.1) is 5.92 Å². The first kappa shape index (κ1) is 23.2. The molecule has 6 nitrogen and oxygen atoms in total. The summed E-state index contributed by atoms with van der Waals surface area (Å²) in [5.41, 5.74) is 7.86. The molecule has 170 valence electrons. The summed E-state index contributed by atoms with van der Waals surface area (Å²) in [4.78, 5) is 26.5. The van der Waals surface area contributed by atoms with Crippen LogP contribution in [0.3, 0.4) is 0 Å². The Kier molecular flexibility index (Phi) is 7.28. The molecular formula is C24H20Cl3N3O3. The summed E-state index contributed by atoms with van der Waals surface area (Å²) in [5, 5.41) is 1.57. The van der Waals surface area contributed by atoms with Gasteiger partial charge in [0.1, 0.15) is 12.4 Å². The molecule has 0 saturated carbocycles. The summed E-state index contributed by atoms with van der Waals surface area (Å²) in [7, 11) is 0. The van der Waals surface area contributed by atoms with Gasteiger partial charge in [0.05, 0.1) is 21.7 Å². The number of amides is 2. The Hall–Kier alpha value is -2.93. The quantitative estimate of drug-likeness (QED) is 0.404. The average molecular weight is 505 g/mol. The minimum atomic E-state index is -0.450. The molecule has 33 heavy (non-hydrogen) atoms. The summed E-state index contributed by atoms with van der Waals surface area (Å²) in [5.74, 6) is -0.131. The van der Waals surface area contributed by atoms with Gasteiger partial charge in [0.2, 0.25) is 11.8 Å². The molecule has 1 aliphatic heterocycles. The summed E-state index contributed by atoms with van der Waals surface area (Å²) in [6.07, 6.45) is 0.150. The molecule has 1 heterocycles. The lowest BCUT2D eigenvalue weighted by atomic mass is 10.1. The minimum absolute atomic E-state index is 0.0963. The third kappa shape index (κ3) is 5.90. The van der Waals surface area contributed by atoms with Gasteiger partial charge in [-0.1, -0.05) is 40.9 Å². The second kappa shape index (κ2) is 10.3. The lowest BCUT2D eigenvalue weighted by Gasteiger charge is -2.17. The molecule has 1 aliphatic rings.